The summed E-state index contributed by atoms with van der Waals surface area (Å²) in [6.45, 7) is 4.60. The zero-order chi connectivity index (χ0) is 16.9. The Morgan fingerprint density at radius 2 is 1.92 bits per heavy atom. The fraction of sp³-hybridized carbons (Fsp3) is 0.850. The molecule has 5 rings (SSSR count). The summed E-state index contributed by atoms with van der Waals surface area (Å²) in [5.74, 6) is 1.96. The number of aliphatic hydroxyl groups excluding tert-OH is 2. The number of nitrogens with zero attached hydrogens (tertiary/aromatic N) is 1. The number of nitriles is 1. The Labute approximate surface area is 143 Å². The molecule has 0 bridgehead atoms. The third-order valence-corrected chi connectivity index (χ3v) is 8.95. The van der Waals surface area contributed by atoms with Crippen molar-refractivity contribution in [2.75, 3.05) is 0 Å². The van der Waals surface area contributed by atoms with Crippen molar-refractivity contribution in [2.24, 2.45) is 28.6 Å². The van der Waals surface area contributed by atoms with Crippen molar-refractivity contribution in [2.45, 2.75) is 76.6 Å². The number of allylic oxidation sites excluding steroid dienone is 1. The number of ether oxygens (including phenoxy) is 1. The van der Waals surface area contributed by atoms with Gasteiger partial charge in [0.05, 0.1) is 17.7 Å². The summed E-state index contributed by atoms with van der Waals surface area (Å²) in [5.41, 5.74) is 0.336. The van der Waals surface area contributed by atoms with Gasteiger partial charge in [-0.15, -0.1) is 0 Å². The largest absolute Gasteiger partial charge is 0.508 e. The Morgan fingerprint density at radius 3 is 2.67 bits per heavy atom. The molecule has 4 heteroatoms. The number of epoxide rings is 1. The highest BCUT2D eigenvalue weighted by Crippen LogP contribution is 2.73. The highest BCUT2D eigenvalue weighted by atomic mass is 16.6. The molecule has 1 spiro atoms. The highest BCUT2D eigenvalue weighted by molar-refractivity contribution is 5.41. The first-order valence-corrected chi connectivity index (χ1v) is 9.55. The van der Waals surface area contributed by atoms with Gasteiger partial charge in [-0.3, -0.25) is 0 Å². The molecule has 4 fully saturated rings. The molecule has 1 unspecified atom stereocenters. The third-order valence-electron chi connectivity index (χ3n) is 8.95. The standard InChI is InChI=1S/C20H27NO3/c1-18-7-6-14-12(13(18)3-4-15(18)22)5-8-20-17(24-20)16(23)11(10-21)9-19(14,20)2/h12-15,17,22-23H,3-9H2,1-2H3/t12-,13-,14+,15?,17-,18+,19-,20-/m0/s1. The molecule has 8 atom stereocenters. The summed E-state index contributed by atoms with van der Waals surface area (Å²) in [6, 6.07) is 2.23. The van der Waals surface area contributed by atoms with Gasteiger partial charge in [-0.2, -0.15) is 5.26 Å². The van der Waals surface area contributed by atoms with E-state index in [1.54, 1.807) is 0 Å². The van der Waals surface area contributed by atoms with E-state index in [-0.39, 0.29) is 34.4 Å². The predicted octanol–water partition coefficient (Wildman–Crippen LogP) is 3.47. The fourth-order valence-corrected chi connectivity index (χ4v) is 7.50. The van der Waals surface area contributed by atoms with Crippen LogP contribution in [0.15, 0.2) is 11.3 Å². The molecule has 3 saturated carbocycles. The zero-order valence-electron chi connectivity index (χ0n) is 14.6. The van der Waals surface area contributed by atoms with E-state index in [0.717, 1.165) is 38.5 Å². The third kappa shape index (κ3) is 1.48. The van der Waals surface area contributed by atoms with E-state index in [9.17, 15) is 15.5 Å². The smallest absolute Gasteiger partial charge is 0.146 e. The fourth-order valence-electron chi connectivity index (χ4n) is 7.50. The van der Waals surface area contributed by atoms with Crippen LogP contribution in [0.4, 0.5) is 0 Å². The Balaban J connectivity index is 1.55. The lowest BCUT2D eigenvalue weighted by Gasteiger charge is -2.58. The van der Waals surface area contributed by atoms with E-state index in [0.29, 0.717) is 29.7 Å². The quantitative estimate of drug-likeness (QED) is 0.667. The minimum atomic E-state index is -0.241. The van der Waals surface area contributed by atoms with E-state index in [4.69, 9.17) is 4.74 Å². The van der Waals surface area contributed by atoms with Crippen molar-refractivity contribution < 1.29 is 14.9 Å². The van der Waals surface area contributed by atoms with Gasteiger partial charge in [-0.25, -0.2) is 0 Å². The lowest BCUT2D eigenvalue weighted by Crippen LogP contribution is -2.57. The summed E-state index contributed by atoms with van der Waals surface area (Å²) in [5, 5.41) is 30.4. The second-order valence-electron chi connectivity index (χ2n) is 9.51. The molecule has 24 heavy (non-hydrogen) atoms. The lowest BCUT2D eigenvalue weighted by atomic mass is 9.45. The van der Waals surface area contributed by atoms with Crippen molar-refractivity contribution in [3.8, 4) is 6.07 Å². The van der Waals surface area contributed by atoms with Gasteiger partial charge in [0.2, 0.25) is 0 Å². The summed E-state index contributed by atoms with van der Waals surface area (Å²) in [6.07, 6.45) is 6.65. The van der Waals surface area contributed by atoms with Gasteiger partial charge in [0.15, 0.2) is 0 Å². The van der Waals surface area contributed by atoms with Crippen molar-refractivity contribution >= 4 is 0 Å². The average Bonchev–Trinajstić information content (AvgIpc) is 3.23. The number of aliphatic hydroxyl groups is 2. The Morgan fingerprint density at radius 1 is 1.12 bits per heavy atom. The second-order valence-corrected chi connectivity index (χ2v) is 9.51. The van der Waals surface area contributed by atoms with Crippen molar-refractivity contribution in [1.82, 2.24) is 0 Å². The molecule has 0 aromatic heterocycles. The second kappa shape index (κ2) is 4.37. The molecule has 0 aromatic carbocycles. The van der Waals surface area contributed by atoms with Crippen LogP contribution < -0.4 is 0 Å². The molecule has 2 N–H and O–H groups in total. The normalized spacial score (nSPS) is 58.2. The van der Waals surface area contributed by atoms with E-state index >= 15 is 0 Å². The van der Waals surface area contributed by atoms with Gasteiger partial charge in [-0.1, -0.05) is 13.8 Å². The molecule has 1 aliphatic heterocycles. The molecule has 130 valence electrons. The van der Waals surface area contributed by atoms with Crippen molar-refractivity contribution in [3.63, 3.8) is 0 Å². The van der Waals surface area contributed by atoms with E-state index in [1.165, 1.54) is 0 Å². The highest BCUT2D eigenvalue weighted by Gasteiger charge is 2.76. The van der Waals surface area contributed by atoms with Gasteiger partial charge in [0.25, 0.3) is 0 Å². The number of hydrogen-bond donors (Lipinski definition) is 2. The van der Waals surface area contributed by atoms with Crippen LogP contribution in [0.5, 0.6) is 0 Å². The van der Waals surface area contributed by atoms with E-state index < -0.39 is 0 Å². The van der Waals surface area contributed by atoms with Crippen LogP contribution in [-0.2, 0) is 4.74 Å². The Kier molecular flexibility index (Phi) is 2.77. The summed E-state index contributed by atoms with van der Waals surface area (Å²) in [4.78, 5) is 0. The topological polar surface area (TPSA) is 76.8 Å². The van der Waals surface area contributed by atoms with E-state index in [1.807, 2.05) is 0 Å². The summed E-state index contributed by atoms with van der Waals surface area (Å²) < 4.78 is 6.11. The average molecular weight is 329 g/mol. The molecule has 0 radical (unpaired) electrons. The maximum atomic E-state index is 10.5. The molecular formula is C20H27NO3. The summed E-state index contributed by atoms with van der Waals surface area (Å²) >= 11 is 0. The first-order valence-electron chi connectivity index (χ1n) is 9.55. The predicted molar refractivity (Wildman–Crippen MR) is 87.9 cm³/mol. The maximum absolute atomic E-state index is 10.5. The molecule has 1 heterocycles. The van der Waals surface area contributed by atoms with Gasteiger partial charge in [-0.05, 0) is 68.1 Å². The zero-order valence-corrected chi connectivity index (χ0v) is 14.6. The first kappa shape index (κ1) is 15.2. The maximum Gasteiger partial charge on any atom is 0.146 e. The molecular weight excluding hydrogens is 302 g/mol. The van der Waals surface area contributed by atoms with Crippen LogP contribution in [0.3, 0.4) is 0 Å². The Bertz CT molecular complexity index is 681. The van der Waals surface area contributed by atoms with Crippen molar-refractivity contribution in [3.05, 3.63) is 11.3 Å². The lowest BCUT2D eigenvalue weighted by molar-refractivity contribution is -0.116. The first-order chi connectivity index (χ1) is 11.4. The summed E-state index contributed by atoms with van der Waals surface area (Å²) in [7, 11) is 0. The number of hydrogen-bond acceptors (Lipinski definition) is 4. The van der Waals surface area contributed by atoms with E-state index in [2.05, 4.69) is 19.9 Å². The molecule has 0 aromatic rings. The monoisotopic (exact) mass is 329 g/mol. The minimum Gasteiger partial charge on any atom is -0.508 e. The van der Waals surface area contributed by atoms with Crippen LogP contribution in [0.25, 0.3) is 0 Å². The molecule has 5 aliphatic rings. The van der Waals surface area contributed by atoms with Gasteiger partial charge in [0.1, 0.15) is 17.5 Å². The van der Waals surface area contributed by atoms with Crippen LogP contribution in [0, 0.1) is 39.9 Å². The van der Waals surface area contributed by atoms with Crippen molar-refractivity contribution in [1.29, 1.82) is 5.26 Å². The van der Waals surface area contributed by atoms with Gasteiger partial charge in [0, 0.05) is 5.41 Å². The van der Waals surface area contributed by atoms with Crippen LogP contribution in [-0.4, -0.2) is 28.0 Å². The molecule has 4 nitrogen and oxygen atoms in total. The SMILES string of the molecule is C[C@@]12CC[C@@H]3[C@@H](CC[C@]45O[C@H]4C(O)=C(C#N)C[C@@]35C)[C@@H]1CCC2O. The molecule has 4 aliphatic carbocycles. The van der Waals surface area contributed by atoms with Crippen LogP contribution in [0.1, 0.15) is 58.8 Å². The minimum absolute atomic E-state index is 0.0489. The van der Waals surface area contributed by atoms with Crippen LogP contribution in [0.2, 0.25) is 0 Å². The van der Waals surface area contributed by atoms with Crippen LogP contribution >= 0.6 is 0 Å². The van der Waals surface area contributed by atoms with Gasteiger partial charge < -0.3 is 14.9 Å². The number of rotatable bonds is 0. The van der Waals surface area contributed by atoms with Gasteiger partial charge >= 0.3 is 0 Å². The molecule has 0 amide bonds. The number of fused-ring (bicyclic) bond motifs is 4. The Hall–Kier alpha value is -1.05. The molecule has 1 saturated heterocycles.